The summed E-state index contributed by atoms with van der Waals surface area (Å²) < 4.78 is 25.3. The van der Waals surface area contributed by atoms with Gasteiger partial charge in [0, 0.05) is 56.8 Å². The van der Waals surface area contributed by atoms with Crippen LogP contribution >= 0.6 is 0 Å². The maximum Gasteiger partial charge on any atom is 0.213 e. The summed E-state index contributed by atoms with van der Waals surface area (Å²) in [5.41, 5.74) is 1.64. The van der Waals surface area contributed by atoms with Crippen molar-refractivity contribution in [1.82, 2.24) is 20.4 Å². The van der Waals surface area contributed by atoms with Crippen molar-refractivity contribution in [3.05, 3.63) is 47.9 Å². The second kappa shape index (κ2) is 10.5. The molecule has 3 atom stereocenters. The molecule has 3 aromatic rings. The molecule has 1 N–H and O–H groups in total. The molecule has 2 aromatic heterocycles. The lowest BCUT2D eigenvalue weighted by atomic mass is 9.91. The fourth-order valence-electron chi connectivity index (χ4n) is 5.05. The Bertz CT molecular complexity index is 1140. The molecule has 5 rings (SSSR count). The van der Waals surface area contributed by atoms with Crippen molar-refractivity contribution in [3.63, 3.8) is 0 Å². The highest BCUT2D eigenvalue weighted by molar-refractivity contribution is 5.88. The minimum absolute atomic E-state index is 0.262. The Morgan fingerprint density at radius 2 is 2.03 bits per heavy atom. The lowest BCUT2D eigenvalue weighted by molar-refractivity contribution is 0.0716. The molecule has 35 heavy (non-hydrogen) atoms. The number of aromatic nitrogens is 2. The Labute approximate surface area is 206 Å². The highest BCUT2D eigenvalue weighted by atomic mass is 19.1. The zero-order valence-corrected chi connectivity index (χ0v) is 20.9. The molecule has 8 heteroatoms. The molecule has 7 nitrogen and oxygen atoms in total. The van der Waals surface area contributed by atoms with Gasteiger partial charge in [-0.25, -0.2) is 9.37 Å². The Kier molecular flexibility index (Phi) is 7.20. The van der Waals surface area contributed by atoms with Gasteiger partial charge in [-0.1, -0.05) is 25.1 Å². The Morgan fingerprint density at radius 1 is 1.14 bits per heavy atom. The van der Waals surface area contributed by atoms with Gasteiger partial charge in [-0.2, -0.15) is 0 Å². The van der Waals surface area contributed by atoms with Crippen molar-refractivity contribution in [3.8, 4) is 5.88 Å². The molecule has 0 saturated carbocycles. The van der Waals surface area contributed by atoms with Gasteiger partial charge < -0.3 is 19.5 Å². The summed E-state index contributed by atoms with van der Waals surface area (Å²) in [6.45, 7) is 11.8. The summed E-state index contributed by atoms with van der Waals surface area (Å²) in [5.74, 6) is 2.28. The van der Waals surface area contributed by atoms with Gasteiger partial charge in [0.1, 0.15) is 5.82 Å². The number of nitrogens with zero attached hydrogens (tertiary/aromatic N) is 4. The van der Waals surface area contributed by atoms with Crippen LogP contribution in [0.25, 0.3) is 11.0 Å². The Hall–Kier alpha value is -2.71. The maximum atomic E-state index is 13.8. The minimum atomic E-state index is -0.262. The van der Waals surface area contributed by atoms with Crippen molar-refractivity contribution < 1.29 is 13.7 Å². The minimum Gasteiger partial charge on any atom is -0.477 e. The van der Waals surface area contributed by atoms with Gasteiger partial charge in [0.2, 0.25) is 5.88 Å². The van der Waals surface area contributed by atoms with E-state index in [1.165, 1.54) is 12.1 Å². The first-order valence-electron chi connectivity index (χ1n) is 12.8. The van der Waals surface area contributed by atoms with Crippen LogP contribution < -0.4 is 15.0 Å². The first-order valence-corrected chi connectivity index (χ1v) is 12.8. The summed E-state index contributed by atoms with van der Waals surface area (Å²) in [6.07, 6.45) is 2.23. The number of anilines is 1. The van der Waals surface area contributed by atoms with Crippen LogP contribution in [0.3, 0.4) is 0 Å². The van der Waals surface area contributed by atoms with E-state index in [1.807, 2.05) is 18.2 Å². The molecular weight excluding hydrogens is 445 g/mol. The van der Waals surface area contributed by atoms with Crippen molar-refractivity contribution in [2.75, 3.05) is 37.7 Å². The van der Waals surface area contributed by atoms with Crippen molar-refractivity contribution in [1.29, 1.82) is 0 Å². The predicted octanol–water partition coefficient (Wildman–Crippen LogP) is 4.48. The van der Waals surface area contributed by atoms with E-state index in [4.69, 9.17) is 14.2 Å². The summed E-state index contributed by atoms with van der Waals surface area (Å²) in [5, 5.41) is 8.53. The van der Waals surface area contributed by atoms with Crippen LogP contribution in [0.1, 0.15) is 39.3 Å². The van der Waals surface area contributed by atoms with Crippen LogP contribution in [0.2, 0.25) is 0 Å². The lowest BCUT2D eigenvalue weighted by Crippen LogP contribution is -2.57. The molecule has 0 bridgehead atoms. The third kappa shape index (κ3) is 5.59. The monoisotopic (exact) mass is 481 g/mol. The quantitative estimate of drug-likeness (QED) is 0.509. The van der Waals surface area contributed by atoms with Crippen molar-refractivity contribution in [2.45, 2.75) is 52.2 Å². The normalized spacial score (nSPS) is 21.9. The average molecular weight is 482 g/mol. The summed E-state index contributed by atoms with van der Waals surface area (Å²) >= 11 is 0. The van der Waals surface area contributed by atoms with E-state index in [0.717, 1.165) is 62.5 Å². The van der Waals surface area contributed by atoms with Crippen LogP contribution in [0.15, 0.2) is 40.9 Å². The fourth-order valence-corrected chi connectivity index (χ4v) is 5.05. The second-order valence-corrected chi connectivity index (χ2v) is 10.4. The lowest BCUT2D eigenvalue weighted by Gasteiger charge is -2.46. The molecule has 0 aliphatic carbocycles. The number of nitrogens with one attached hydrogen (secondary N) is 1. The number of hydrogen-bond acceptors (Lipinski definition) is 7. The molecule has 0 spiro atoms. The zero-order valence-electron chi connectivity index (χ0n) is 20.9. The molecule has 0 radical (unpaired) electrons. The molecule has 2 aliphatic rings. The van der Waals surface area contributed by atoms with Crippen molar-refractivity contribution in [2.24, 2.45) is 11.8 Å². The molecular formula is C27H36FN5O2. The first-order chi connectivity index (χ1) is 17.0. The van der Waals surface area contributed by atoms with Gasteiger partial charge in [-0.05, 0) is 49.9 Å². The van der Waals surface area contributed by atoms with Gasteiger partial charge in [0.25, 0.3) is 0 Å². The number of pyridine rings is 1. The van der Waals surface area contributed by atoms with E-state index >= 15 is 0 Å². The number of rotatable bonds is 8. The van der Waals surface area contributed by atoms with Gasteiger partial charge >= 0.3 is 0 Å². The molecule has 1 unspecified atom stereocenters. The largest absolute Gasteiger partial charge is 0.477 e. The fraction of sp³-hybridized carbons (Fsp3) is 0.556. The number of fused-ring (bicyclic) bond motifs is 2. The van der Waals surface area contributed by atoms with E-state index < -0.39 is 0 Å². The molecule has 4 heterocycles. The van der Waals surface area contributed by atoms with Gasteiger partial charge in [0.15, 0.2) is 11.4 Å². The number of hydrogen-bond donors (Lipinski definition) is 1. The average Bonchev–Trinajstić information content (AvgIpc) is 3.28. The molecule has 0 amide bonds. The predicted molar refractivity (Wildman–Crippen MR) is 135 cm³/mol. The Morgan fingerprint density at radius 3 is 2.89 bits per heavy atom. The summed E-state index contributed by atoms with van der Waals surface area (Å²) in [6, 6.07) is 11.5. The third-order valence-corrected chi connectivity index (χ3v) is 7.57. The number of piperazine rings is 1. The standard InChI is InChI=1S/C27H36FN5O2/c1-18(2)19(3)29-14-22-5-4-6-26(30-22)34-17-20-7-9-23-16-33(12-11-32(23)15-20)27-24-13-21(28)8-10-25(24)35-31-27/h4-6,8,10,13,18-20,23,29H,7,9,11-12,14-17H2,1-3H3/t19?,20-,23-/m1/s1. The van der Waals surface area contributed by atoms with Crippen molar-refractivity contribution >= 4 is 16.8 Å². The molecule has 2 aliphatic heterocycles. The maximum absolute atomic E-state index is 13.8. The smallest absolute Gasteiger partial charge is 0.213 e. The molecule has 188 valence electrons. The molecule has 2 fully saturated rings. The topological polar surface area (TPSA) is 66.7 Å². The SMILES string of the molecule is CC(C)C(C)NCc1cccc(OC[C@@H]2CC[C@@H]3CN(c4noc5ccc(F)cc45)CCN3C2)n1. The van der Waals surface area contributed by atoms with Crippen LogP contribution in [0.4, 0.5) is 10.2 Å². The van der Waals surface area contributed by atoms with Crippen LogP contribution in [0, 0.1) is 17.7 Å². The van der Waals surface area contributed by atoms with Gasteiger partial charge in [0.05, 0.1) is 17.7 Å². The van der Waals surface area contributed by atoms with Crippen LogP contribution in [-0.2, 0) is 6.54 Å². The zero-order chi connectivity index (χ0) is 24.4. The number of piperidine rings is 1. The second-order valence-electron chi connectivity index (χ2n) is 10.4. The van der Waals surface area contributed by atoms with E-state index in [1.54, 1.807) is 6.07 Å². The first kappa shape index (κ1) is 24.0. The summed E-state index contributed by atoms with van der Waals surface area (Å²) in [4.78, 5) is 9.50. The number of ether oxygens (including phenoxy) is 1. The number of halogens is 1. The highest BCUT2D eigenvalue weighted by Crippen LogP contribution is 2.31. The number of benzene rings is 1. The van der Waals surface area contributed by atoms with Gasteiger partial charge in [-0.15, -0.1) is 0 Å². The van der Waals surface area contributed by atoms with E-state index in [0.29, 0.717) is 42.0 Å². The molecule has 1 aromatic carbocycles. The molecule has 2 saturated heterocycles. The van der Waals surface area contributed by atoms with E-state index in [-0.39, 0.29) is 5.82 Å². The summed E-state index contributed by atoms with van der Waals surface area (Å²) in [7, 11) is 0. The van der Waals surface area contributed by atoms with Crippen LogP contribution in [0.5, 0.6) is 5.88 Å². The van der Waals surface area contributed by atoms with Crippen LogP contribution in [-0.4, -0.2) is 59.9 Å². The third-order valence-electron chi connectivity index (χ3n) is 7.57. The van der Waals surface area contributed by atoms with E-state index in [2.05, 4.69) is 41.0 Å². The van der Waals surface area contributed by atoms with Gasteiger partial charge in [-0.3, -0.25) is 4.90 Å². The highest BCUT2D eigenvalue weighted by Gasteiger charge is 2.34. The Balaban J connectivity index is 1.12. The van der Waals surface area contributed by atoms with E-state index in [9.17, 15) is 4.39 Å².